The van der Waals surface area contributed by atoms with E-state index >= 15 is 0 Å². The molecule has 0 unspecified atom stereocenters. The van der Waals surface area contributed by atoms with Gasteiger partial charge in [-0.2, -0.15) is 0 Å². The third-order valence-corrected chi connectivity index (χ3v) is 10.4. The predicted octanol–water partition coefficient (Wildman–Crippen LogP) is 13.7. The molecule has 0 saturated carbocycles. The van der Waals surface area contributed by atoms with E-state index in [-0.39, 0.29) is 29.7 Å². The van der Waals surface area contributed by atoms with Gasteiger partial charge in [-0.05, 0) is 89.0 Å². The van der Waals surface area contributed by atoms with Crippen molar-refractivity contribution >= 4 is 71.2 Å². The maximum absolute atomic E-state index is 8.66. The summed E-state index contributed by atoms with van der Waals surface area (Å²) in [6.07, 6.45) is 0. The number of fused-ring (bicyclic) bond motifs is 9. The number of aromatic nitrogens is 2. The van der Waals surface area contributed by atoms with E-state index in [2.05, 4.69) is 86.8 Å². The van der Waals surface area contributed by atoms with Crippen LogP contribution in [0.5, 0.6) is 0 Å². The van der Waals surface area contributed by atoms with Crippen molar-refractivity contribution in [1.29, 1.82) is 0 Å². The van der Waals surface area contributed by atoms with Gasteiger partial charge in [0.25, 0.3) is 0 Å². The summed E-state index contributed by atoms with van der Waals surface area (Å²) in [6, 6.07) is 47.6. The van der Waals surface area contributed by atoms with Crippen LogP contribution in [0.15, 0.2) is 180 Å². The second-order valence-electron chi connectivity index (χ2n) is 13.3. The molecule has 0 saturated heterocycles. The molecule has 3 aromatic heterocycles. The van der Waals surface area contributed by atoms with Gasteiger partial charge in [-0.1, -0.05) is 103 Å². The molecule has 0 spiro atoms. The quantitative estimate of drug-likeness (QED) is 0.170. The van der Waals surface area contributed by atoms with Gasteiger partial charge < -0.3 is 13.6 Å². The van der Waals surface area contributed by atoms with E-state index in [1.807, 2.05) is 60.7 Å². The first-order valence-corrected chi connectivity index (χ1v) is 17.4. The normalized spacial score (nSPS) is 13.1. The Labute approximate surface area is 311 Å². The SMILES string of the molecule is [2H]c1c([2H])c([2H])c(-c2cccc3oc4cc(-n5c6ccccc6c6cc(-c7ccc8c(c7)c7ccc([N+]#[C-])cc7n8-c7ccccc7)ccc65)ccc4c23)c([2H])c1[2H]. The lowest BCUT2D eigenvalue weighted by Gasteiger charge is -2.09. The molecule has 0 fully saturated rings. The fourth-order valence-corrected chi connectivity index (χ4v) is 8.09. The van der Waals surface area contributed by atoms with Crippen molar-refractivity contribution < 1.29 is 11.3 Å². The Bertz CT molecular complexity index is 3560. The third kappa shape index (κ3) is 4.41. The molecule has 8 aromatic carbocycles. The van der Waals surface area contributed by atoms with E-state index in [0.29, 0.717) is 27.8 Å². The van der Waals surface area contributed by atoms with E-state index in [0.717, 1.165) is 71.5 Å². The number of para-hydroxylation sites is 2. The lowest BCUT2D eigenvalue weighted by atomic mass is 9.99. The highest BCUT2D eigenvalue weighted by Crippen LogP contribution is 2.41. The van der Waals surface area contributed by atoms with Crippen LogP contribution in [-0.2, 0) is 0 Å². The van der Waals surface area contributed by atoms with Gasteiger partial charge in [0.2, 0.25) is 0 Å². The van der Waals surface area contributed by atoms with Crippen LogP contribution in [0.25, 0.3) is 104 Å². The van der Waals surface area contributed by atoms with Crippen LogP contribution >= 0.6 is 0 Å². The van der Waals surface area contributed by atoms with Crippen molar-refractivity contribution in [1.82, 2.24) is 9.13 Å². The second kappa shape index (κ2) is 11.3. The van der Waals surface area contributed by atoms with Crippen molar-refractivity contribution in [3.63, 3.8) is 0 Å². The largest absolute Gasteiger partial charge is 0.456 e. The highest BCUT2D eigenvalue weighted by Gasteiger charge is 2.18. The molecule has 11 rings (SSSR count). The van der Waals surface area contributed by atoms with Crippen LogP contribution in [0.4, 0.5) is 5.69 Å². The number of benzene rings is 8. The molecule has 0 aliphatic heterocycles. The minimum atomic E-state index is -0.420. The van der Waals surface area contributed by atoms with Crippen LogP contribution in [0.1, 0.15) is 6.85 Å². The maximum Gasteiger partial charge on any atom is 0.189 e. The van der Waals surface area contributed by atoms with Crippen LogP contribution in [0, 0.1) is 6.57 Å². The molecule has 0 aliphatic rings. The summed E-state index contributed by atoms with van der Waals surface area (Å²) < 4.78 is 52.9. The fourth-order valence-electron chi connectivity index (χ4n) is 8.09. The topological polar surface area (TPSA) is 27.4 Å². The molecule has 3 heterocycles. The number of hydrogen-bond acceptors (Lipinski definition) is 1. The summed E-state index contributed by atoms with van der Waals surface area (Å²) in [7, 11) is 0. The number of nitrogens with zero attached hydrogens (tertiary/aromatic N) is 3. The van der Waals surface area contributed by atoms with E-state index in [1.165, 1.54) is 0 Å². The Kier molecular flexibility index (Phi) is 5.29. The van der Waals surface area contributed by atoms with Crippen molar-refractivity contribution in [2.24, 2.45) is 0 Å². The average Bonchev–Trinajstić information content (AvgIpc) is 3.92. The zero-order valence-corrected chi connectivity index (χ0v) is 28.1. The average molecular weight is 681 g/mol. The predicted molar refractivity (Wildman–Crippen MR) is 220 cm³/mol. The van der Waals surface area contributed by atoms with Crippen LogP contribution in [0.3, 0.4) is 0 Å². The molecule has 4 heteroatoms. The Morgan fingerprint density at radius 2 is 1.15 bits per heavy atom. The minimum Gasteiger partial charge on any atom is -0.456 e. The lowest BCUT2D eigenvalue weighted by Crippen LogP contribution is -1.93. The Morgan fingerprint density at radius 3 is 1.92 bits per heavy atom. The Hall–Kier alpha value is -7.35. The molecule has 53 heavy (non-hydrogen) atoms. The first kappa shape index (κ1) is 24.7. The summed E-state index contributed by atoms with van der Waals surface area (Å²) in [5.41, 5.74) is 10.8. The molecule has 246 valence electrons. The molecule has 0 N–H and O–H groups in total. The standard InChI is InChI=1S/C49H29N3O/c1-50-34-21-23-39-42-28-33(19-25-44(42)51(46(39)29-34)35-13-6-3-7-14-35)32-20-26-45-41(27-32)38-15-8-9-17-43(38)52(45)36-22-24-40-48(30-36)53-47-18-10-16-37(49(40)47)31-11-4-2-5-12-31/h2-30H/i2D,4D,5D,11D,12D. The van der Waals surface area contributed by atoms with Gasteiger partial charge in [-0.15, -0.1) is 0 Å². The van der Waals surface area contributed by atoms with E-state index in [4.69, 9.17) is 17.8 Å². The Morgan fingerprint density at radius 1 is 0.472 bits per heavy atom. The van der Waals surface area contributed by atoms with Crippen molar-refractivity contribution in [2.75, 3.05) is 0 Å². The van der Waals surface area contributed by atoms with Gasteiger partial charge >= 0.3 is 0 Å². The van der Waals surface area contributed by atoms with Gasteiger partial charge in [0.05, 0.1) is 30.0 Å². The molecule has 0 bridgehead atoms. The van der Waals surface area contributed by atoms with Gasteiger partial charge in [-0.3, -0.25) is 0 Å². The molecular formula is C49H29N3O. The van der Waals surface area contributed by atoms with Gasteiger partial charge in [-0.25, -0.2) is 4.85 Å². The van der Waals surface area contributed by atoms with E-state index in [1.54, 1.807) is 12.1 Å². The van der Waals surface area contributed by atoms with E-state index in [9.17, 15) is 0 Å². The molecule has 0 radical (unpaired) electrons. The molecule has 0 aliphatic carbocycles. The van der Waals surface area contributed by atoms with Gasteiger partial charge in [0, 0.05) is 55.3 Å². The van der Waals surface area contributed by atoms with Gasteiger partial charge in [0.1, 0.15) is 11.2 Å². The summed E-state index contributed by atoms with van der Waals surface area (Å²) in [5, 5.41) is 5.91. The molecule has 4 nitrogen and oxygen atoms in total. The molecule has 0 amide bonds. The van der Waals surface area contributed by atoms with E-state index < -0.39 is 6.04 Å². The third-order valence-electron chi connectivity index (χ3n) is 10.4. The van der Waals surface area contributed by atoms with Crippen LogP contribution in [-0.4, -0.2) is 9.13 Å². The number of hydrogen-bond donors (Lipinski definition) is 0. The zero-order chi connectivity index (χ0) is 39.4. The summed E-state index contributed by atoms with van der Waals surface area (Å²) >= 11 is 0. The van der Waals surface area contributed by atoms with Crippen molar-refractivity contribution in [2.45, 2.75) is 0 Å². The second-order valence-corrected chi connectivity index (χ2v) is 13.3. The summed E-state index contributed by atoms with van der Waals surface area (Å²) in [4.78, 5) is 3.72. The molecular weight excluding hydrogens is 647 g/mol. The smallest absolute Gasteiger partial charge is 0.189 e. The minimum absolute atomic E-state index is 0.150. The number of rotatable bonds is 4. The first-order chi connectivity index (χ1) is 28.3. The molecule has 11 aromatic rings. The Balaban J connectivity index is 1.07. The maximum atomic E-state index is 8.66. The number of furan rings is 1. The van der Waals surface area contributed by atoms with Crippen LogP contribution in [0.2, 0.25) is 0 Å². The summed E-state index contributed by atoms with van der Waals surface area (Å²) in [5.74, 6) is 0. The fraction of sp³-hybridized carbons (Fsp3) is 0. The highest BCUT2D eigenvalue weighted by molar-refractivity contribution is 6.15. The van der Waals surface area contributed by atoms with Crippen molar-refractivity contribution in [3.8, 4) is 33.6 Å². The van der Waals surface area contributed by atoms with Gasteiger partial charge in [0.15, 0.2) is 5.69 Å². The van der Waals surface area contributed by atoms with Crippen LogP contribution < -0.4 is 0 Å². The summed E-state index contributed by atoms with van der Waals surface area (Å²) in [6.45, 7) is 7.66. The first-order valence-electron chi connectivity index (χ1n) is 19.9. The molecule has 0 atom stereocenters. The van der Waals surface area contributed by atoms with Crippen molar-refractivity contribution in [3.05, 3.63) is 187 Å². The zero-order valence-electron chi connectivity index (χ0n) is 33.1. The lowest BCUT2D eigenvalue weighted by molar-refractivity contribution is 0.668. The monoisotopic (exact) mass is 680 g/mol. The highest BCUT2D eigenvalue weighted by atomic mass is 16.3.